The van der Waals surface area contributed by atoms with Crippen LogP contribution in [0.25, 0.3) is 0 Å². The van der Waals surface area contributed by atoms with Gasteiger partial charge in [0.05, 0.1) is 25.8 Å². The summed E-state index contributed by atoms with van der Waals surface area (Å²) in [5.74, 6) is 1.16. The first-order chi connectivity index (χ1) is 9.40. The van der Waals surface area contributed by atoms with E-state index in [4.69, 9.17) is 27.2 Å². The first-order valence-electron chi connectivity index (χ1n) is 6.45. The maximum absolute atomic E-state index is 7.98. The molecule has 0 spiro atoms. The second kappa shape index (κ2) is 7.24. The van der Waals surface area contributed by atoms with Crippen molar-refractivity contribution in [3.63, 3.8) is 0 Å². The molecule has 0 aromatic carbocycles. The lowest BCUT2D eigenvalue weighted by Gasteiger charge is -2.24. The fourth-order valence-corrected chi connectivity index (χ4v) is 2.19. The number of halogens is 1. The first-order valence-corrected chi connectivity index (χ1v) is 6.82. The molecule has 1 aromatic heterocycles. The Balaban J connectivity index is 2.96. The Kier molecular flexibility index (Phi) is 5.95. The third-order valence-electron chi connectivity index (χ3n) is 3.18. The minimum atomic E-state index is -0.0281. The minimum Gasteiger partial charge on any atom is -0.496 e. The van der Waals surface area contributed by atoms with E-state index in [2.05, 4.69) is 4.98 Å². The molecular formula is C14H21ClN4O. The van der Waals surface area contributed by atoms with E-state index in [0.29, 0.717) is 18.9 Å². The van der Waals surface area contributed by atoms with Crippen molar-refractivity contribution in [2.24, 2.45) is 0 Å². The van der Waals surface area contributed by atoms with E-state index < -0.39 is 0 Å². The molecule has 6 heteroatoms. The molecule has 5 nitrogen and oxygen atoms in total. The maximum Gasteiger partial charge on any atom is 0.128 e. The van der Waals surface area contributed by atoms with Crippen LogP contribution in [0.5, 0.6) is 5.75 Å². The summed E-state index contributed by atoms with van der Waals surface area (Å²) in [6.45, 7) is 7.07. The number of nitrogens with one attached hydrogen (secondary N) is 2. The van der Waals surface area contributed by atoms with Crippen LogP contribution in [0.3, 0.4) is 0 Å². The van der Waals surface area contributed by atoms with Gasteiger partial charge in [0.2, 0.25) is 0 Å². The molecule has 110 valence electrons. The monoisotopic (exact) mass is 296 g/mol. The van der Waals surface area contributed by atoms with Gasteiger partial charge in [-0.1, -0.05) is 11.6 Å². The standard InChI is InChI=1S/C14H21ClN4O/c1-5-19(13(17)6-12(15)16)8-11-10(3)14(20-4)9(2)7-18-11/h7,16-17H,5-6,8H2,1-4H3. The van der Waals surface area contributed by atoms with Crippen LogP contribution in [0.1, 0.15) is 30.2 Å². The van der Waals surface area contributed by atoms with Crippen molar-refractivity contribution in [1.29, 1.82) is 10.8 Å². The van der Waals surface area contributed by atoms with Crippen molar-refractivity contribution < 1.29 is 4.74 Å². The Bertz CT molecular complexity index is 516. The van der Waals surface area contributed by atoms with Crippen LogP contribution in [0.4, 0.5) is 0 Å². The third-order valence-corrected chi connectivity index (χ3v) is 3.31. The molecule has 0 unspecified atom stereocenters. The van der Waals surface area contributed by atoms with E-state index in [9.17, 15) is 0 Å². The van der Waals surface area contributed by atoms with Crippen LogP contribution < -0.4 is 4.74 Å². The zero-order chi connectivity index (χ0) is 15.3. The van der Waals surface area contributed by atoms with E-state index in [1.54, 1.807) is 13.3 Å². The molecule has 0 bridgehead atoms. The predicted molar refractivity (Wildman–Crippen MR) is 82.3 cm³/mol. The fourth-order valence-electron chi connectivity index (χ4n) is 2.07. The lowest BCUT2D eigenvalue weighted by atomic mass is 10.1. The van der Waals surface area contributed by atoms with Crippen molar-refractivity contribution in [2.45, 2.75) is 33.7 Å². The molecule has 0 fully saturated rings. The molecule has 20 heavy (non-hydrogen) atoms. The Morgan fingerprint density at radius 2 is 2.05 bits per heavy atom. The molecule has 0 saturated heterocycles. The number of amidine groups is 1. The van der Waals surface area contributed by atoms with Crippen molar-refractivity contribution in [2.75, 3.05) is 13.7 Å². The Labute approximate surface area is 124 Å². The van der Waals surface area contributed by atoms with Crippen LogP contribution >= 0.6 is 11.6 Å². The average molecular weight is 297 g/mol. The van der Waals surface area contributed by atoms with Gasteiger partial charge in [-0.05, 0) is 20.8 Å². The van der Waals surface area contributed by atoms with Gasteiger partial charge in [0.25, 0.3) is 0 Å². The van der Waals surface area contributed by atoms with Crippen molar-refractivity contribution >= 4 is 22.6 Å². The van der Waals surface area contributed by atoms with Crippen molar-refractivity contribution in [1.82, 2.24) is 9.88 Å². The maximum atomic E-state index is 7.98. The summed E-state index contributed by atoms with van der Waals surface area (Å²) < 4.78 is 5.39. The van der Waals surface area contributed by atoms with E-state index in [-0.39, 0.29) is 11.6 Å². The number of nitrogens with zero attached hydrogens (tertiary/aromatic N) is 2. The molecule has 1 heterocycles. The van der Waals surface area contributed by atoms with E-state index in [0.717, 1.165) is 22.6 Å². The molecule has 1 rings (SSSR count). The van der Waals surface area contributed by atoms with Crippen LogP contribution in [0.15, 0.2) is 6.20 Å². The first kappa shape index (κ1) is 16.4. The highest BCUT2D eigenvalue weighted by Gasteiger charge is 2.15. The van der Waals surface area contributed by atoms with Gasteiger partial charge >= 0.3 is 0 Å². The van der Waals surface area contributed by atoms with Crippen LogP contribution in [0.2, 0.25) is 0 Å². The van der Waals surface area contributed by atoms with Crippen LogP contribution in [-0.4, -0.2) is 34.5 Å². The van der Waals surface area contributed by atoms with Crippen LogP contribution in [-0.2, 0) is 6.54 Å². The predicted octanol–water partition coefficient (Wildman–Crippen LogP) is 3.11. The number of aromatic nitrogens is 1. The number of hydrogen-bond donors (Lipinski definition) is 2. The summed E-state index contributed by atoms with van der Waals surface area (Å²) >= 11 is 5.56. The molecule has 0 aliphatic carbocycles. The lowest BCUT2D eigenvalue weighted by molar-refractivity contribution is 0.397. The Morgan fingerprint density at radius 3 is 2.55 bits per heavy atom. The van der Waals surface area contributed by atoms with Gasteiger partial charge in [-0.25, -0.2) is 0 Å². The van der Waals surface area contributed by atoms with Crippen molar-refractivity contribution in [3.8, 4) is 5.75 Å². The summed E-state index contributed by atoms with van der Waals surface area (Å²) in [6.07, 6.45) is 1.93. The Hall–Kier alpha value is -1.62. The summed E-state index contributed by atoms with van der Waals surface area (Å²) in [4.78, 5) is 6.28. The molecule has 0 aliphatic rings. The van der Waals surface area contributed by atoms with Gasteiger partial charge in [-0.2, -0.15) is 0 Å². The minimum absolute atomic E-state index is 0.0281. The molecule has 0 aliphatic heterocycles. The van der Waals surface area contributed by atoms with Gasteiger partial charge < -0.3 is 9.64 Å². The second-order valence-corrected chi connectivity index (χ2v) is 5.04. The number of methoxy groups -OCH3 is 1. The van der Waals surface area contributed by atoms with Gasteiger partial charge in [0, 0.05) is 23.9 Å². The molecule has 0 radical (unpaired) electrons. The highest BCUT2D eigenvalue weighted by Crippen LogP contribution is 2.24. The Morgan fingerprint density at radius 1 is 1.40 bits per heavy atom. The molecule has 0 atom stereocenters. The highest BCUT2D eigenvalue weighted by atomic mass is 35.5. The fraction of sp³-hybridized carbons (Fsp3) is 0.500. The van der Waals surface area contributed by atoms with Gasteiger partial charge in [0.1, 0.15) is 16.8 Å². The lowest BCUT2D eigenvalue weighted by Crippen LogP contribution is -2.31. The average Bonchev–Trinajstić information content (AvgIpc) is 2.37. The highest BCUT2D eigenvalue weighted by molar-refractivity contribution is 6.65. The van der Waals surface area contributed by atoms with Gasteiger partial charge in [-0.3, -0.25) is 15.8 Å². The molecule has 0 amide bonds. The number of rotatable bonds is 6. The zero-order valence-corrected chi connectivity index (χ0v) is 13.1. The smallest absolute Gasteiger partial charge is 0.128 e. The number of pyridine rings is 1. The summed E-state index contributed by atoms with van der Waals surface area (Å²) in [5, 5.41) is 15.2. The molecule has 1 aromatic rings. The van der Waals surface area contributed by atoms with E-state index in [1.807, 2.05) is 25.7 Å². The topological polar surface area (TPSA) is 73.1 Å². The van der Waals surface area contributed by atoms with E-state index in [1.165, 1.54) is 0 Å². The number of hydrogen-bond acceptors (Lipinski definition) is 4. The van der Waals surface area contributed by atoms with Crippen molar-refractivity contribution in [3.05, 3.63) is 23.0 Å². The number of aryl methyl sites for hydroxylation is 1. The summed E-state index contributed by atoms with van der Waals surface area (Å²) in [6, 6.07) is 0. The molecule has 2 N–H and O–H groups in total. The van der Waals surface area contributed by atoms with Gasteiger partial charge in [0.15, 0.2) is 0 Å². The SMILES string of the molecule is CCN(Cc1ncc(C)c(OC)c1C)C(=N)CC(=N)Cl. The third kappa shape index (κ3) is 3.93. The quantitative estimate of drug-likeness (QED) is 0.626. The number of ether oxygens (including phenoxy) is 1. The van der Waals surface area contributed by atoms with E-state index >= 15 is 0 Å². The largest absolute Gasteiger partial charge is 0.496 e. The van der Waals surface area contributed by atoms with Gasteiger partial charge in [-0.15, -0.1) is 0 Å². The summed E-state index contributed by atoms with van der Waals surface area (Å²) in [7, 11) is 1.65. The summed E-state index contributed by atoms with van der Waals surface area (Å²) in [5.41, 5.74) is 2.86. The van der Waals surface area contributed by atoms with Crippen LogP contribution in [0, 0.1) is 24.7 Å². The zero-order valence-electron chi connectivity index (χ0n) is 12.4. The second-order valence-electron chi connectivity index (χ2n) is 4.59. The normalized spacial score (nSPS) is 10.2. The molecular weight excluding hydrogens is 276 g/mol. The molecule has 0 saturated carbocycles.